The van der Waals surface area contributed by atoms with Crippen molar-refractivity contribution < 1.29 is 4.74 Å². The van der Waals surface area contributed by atoms with Crippen molar-refractivity contribution in [2.45, 2.75) is 46.1 Å². The summed E-state index contributed by atoms with van der Waals surface area (Å²) in [6, 6.07) is 0. The van der Waals surface area contributed by atoms with Gasteiger partial charge in [-0.1, -0.05) is 38.8 Å². The molecule has 0 saturated heterocycles. The summed E-state index contributed by atoms with van der Waals surface area (Å²) >= 11 is 7.18. The van der Waals surface area contributed by atoms with E-state index in [1.165, 1.54) is 6.42 Å². The van der Waals surface area contributed by atoms with Gasteiger partial charge in [0.15, 0.2) is 0 Å². The van der Waals surface area contributed by atoms with Crippen LogP contribution < -0.4 is 0 Å². The number of hydrogen-bond acceptors (Lipinski definition) is 1. The number of ether oxygens (including phenoxy) is 1. The first-order chi connectivity index (χ1) is 6.39. The van der Waals surface area contributed by atoms with Crippen molar-refractivity contribution in [2.75, 3.05) is 17.3 Å². The van der Waals surface area contributed by atoms with Gasteiger partial charge in [0.25, 0.3) is 0 Å². The summed E-state index contributed by atoms with van der Waals surface area (Å²) in [5.41, 5.74) is 0.337. The van der Waals surface area contributed by atoms with Gasteiger partial charge in [-0.3, -0.25) is 0 Å². The first-order valence-corrected chi connectivity index (χ1v) is 7.39. The second-order valence-corrected chi connectivity index (χ2v) is 5.95. The minimum absolute atomic E-state index is 0.0158. The largest absolute Gasteiger partial charge is 0.376 e. The maximum Gasteiger partial charge on any atom is 0.0598 e. The molecule has 0 amide bonds. The third kappa shape index (κ3) is 5.72. The second-order valence-electron chi connectivity index (χ2n) is 4.83. The maximum absolute atomic E-state index is 5.75. The lowest BCUT2D eigenvalue weighted by Crippen LogP contribution is -2.28. The second kappa shape index (κ2) is 6.49. The van der Waals surface area contributed by atoms with E-state index < -0.39 is 0 Å². The van der Waals surface area contributed by atoms with Crippen molar-refractivity contribution >= 4 is 31.9 Å². The van der Waals surface area contributed by atoms with E-state index in [1.807, 2.05) is 0 Å². The first kappa shape index (κ1) is 14.9. The first-order valence-electron chi connectivity index (χ1n) is 5.15. The highest BCUT2D eigenvalue weighted by Crippen LogP contribution is 2.31. The molecule has 0 unspecified atom stereocenters. The van der Waals surface area contributed by atoms with Crippen LogP contribution in [0.1, 0.15) is 40.5 Å². The van der Waals surface area contributed by atoms with Crippen molar-refractivity contribution in [1.82, 2.24) is 0 Å². The highest BCUT2D eigenvalue weighted by Gasteiger charge is 2.26. The summed E-state index contributed by atoms with van der Waals surface area (Å²) in [7, 11) is 0. The molecular formula is C11H22Br2O. The van der Waals surface area contributed by atoms with Crippen molar-refractivity contribution in [3.63, 3.8) is 0 Å². The molecule has 0 aromatic carbocycles. The van der Waals surface area contributed by atoms with Gasteiger partial charge in [-0.05, 0) is 39.0 Å². The van der Waals surface area contributed by atoms with Gasteiger partial charge in [0.05, 0.1) is 5.60 Å². The Bertz CT molecular complexity index is 140. The number of halogens is 2. The summed E-state index contributed by atoms with van der Waals surface area (Å²) in [5, 5.41) is 2.07. The Morgan fingerprint density at radius 2 is 1.57 bits per heavy atom. The van der Waals surface area contributed by atoms with Gasteiger partial charge < -0.3 is 4.74 Å². The molecule has 86 valence electrons. The SMILES string of the molecule is CCC(CBr)(CBr)CCOC(C)(C)C. The molecule has 3 heteroatoms. The summed E-state index contributed by atoms with van der Waals surface area (Å²) in [5.74, 6) is 0. The quantitative estimate of drug-likeness (QED) is 0.657. The molecule has 0 rings (SSSR count). The molecule has 1 nitrogen and oxygen atoms in total. The van der Waals surface area contributed by atoms with E-state index in [0.29, 0.717) is 5.41 Å². The monoisotopic (exact) mass is 328 g/mol. The molecule has 0 aliphatic carbocycles. The van der Waals surface area contributed by atoms with Crippen LogP contribution in [-0.2, 0) is 4.74 Å². The van der Waals surface area contributed by atoms with Crippen LogP contribution in [0.3, 0.4) is 0 Å². The molecule has 0 aromatic rings. The Morgan fingerprint density at radius 3 is 1.86 bits per heavy atom. The van der Waals surface area contributed by atoms with Gasteiger partial charge in [-0.25, -0.2) is 0 Å². The molecule has 0 aromatic heterocycles. The number of hydrogen-bond donors (Lipinski definition) is 0. The van der Waals surface area contributed by atoms with Crippen LogP contribution in [-0.4, -0.2) is 22.9 Å². The molecule has 0 saturated carbocycles. The fourth-order valence-corrected chi connectivity index (χ4v) is 3.39. The van der Waals surface area contributed by atoms with E-state index in [0.717, 1.165) is 23.7 Å². The average Bonchev–Trinajstić information content (AvgIpc) is 2.11. The van der Waals surface area contributed by atoms with Crippen LogP contribution in [0, 0.1) is 5.41 Å². The third-order valence-electron chi connectivity index (χ3n) is 2.48. The van der Waals surface area contributed by atoms with Crippen molar-refractivity contribution in [2.24, 2.45) is 5.41 Å². The molecule has 0 atom stereocenters. The van der Waals surface area contributed by atoms with E-state index in [-0.39, 0.29) is 5.60 Å². The fourth-order valence-electron chi connectivity index (χ4n) is 1.11. The zero-order chi connectivity index (χ0) is 11.2. The zero-order valence-corrected chi connectivity index (χ0v) is 12.9. The molecular weight excluding hydrogens is 308 g/mol. The normalized spacial score (nSPS) is 13.3. The van der Waals surface area contributed by atoms with Crippen molar-refractivity contribution in [1.29, 1.82) is 0 Å². The van der Waals surface area contributed by atoms with Crippen LogP contribution >= 0.6 is 31.9 Å². The molecule has 0 bridgehead atoms. The topological polar surface area (TPSA) is 9.23 Å². The van der Waals surface area contributed by atoms with Crippen LogP contribution in [0.15, 0.2) is 0 Å². The Balaban J connectivity index is 3.95. The fraction of sp³-hybridized carbons (Fsp3) is 1.00. The zero-order valence-electron chi connectivity index (χ0n) is 9.70. The van der Waals surface area contributed by atoms with Gasteiger partial charge in [-0.2, -0.15) is 0 Å². The molecule has 0 radical (unpaired) electrons. The predicted octanol–water partition coefficient (Wildman–Crippen LogP) is 4.38. The molecule has 0 N–H and O–H groups in total. The lowest BCUT2D eigenvalue weighted by Gasteiger charge is -2.30. The Morgan fingerprint density at radius 1 is 1.07 bits per heavy atom. The highest BCUT2D eigenvalue weighted by molar-refractivity contribution is 9.09. The summed E-state index contributed by atoms with van der Waals surface area (Å²) in [6.45, 7) is 9.38. The number of alkyl halides is 2. The van der Waals surface area contributed by atoms with Gasteiger partial charge in [0.1, 0.15) is 0 Å². The summed E-state index contributed by atoms with van der Waals surface area (Å²) in [4.78, 5) is 0. The van der Waals surface area contributed by atoms with Gasteiger partial charge in [0, 0.05) is 17.3 Å². The summed E-state index contributed by atoms with van der Waals surface area (Å²) in [6.07, 6.45) is 2.29. The van der Waals surface area contributed by atoms with Crippen molar-refractivity contribution in [3.8, 4) is 0 Å². The minimum atomic E-state index is -0.0158. The molecule has 0 aliphatic rings. The van der Waals surface area contributed by atoms with E-state index in [1.54, 1.807) is 0 Å². The minimum Gasteiger partial charge on any atom is -0.376 e. The Labute approximate surface area is 105 Å². The van der Waals surface area contributed by atoms with Crippen LogP contribution in [0.4, 0.5) is 0 Å². The Kier molecular flexibility index (Phi) is 6.92. The molecule has 0 spiro atoms. The molecule has 14 heavy (non-hydrogen) atoms. The standard InChI is InChI=1S/C11H22Br2O/c1-5-11(8-12,9-13)6-7-14-10(2,3)4/h5-9H2,1-4H3. The smallest absolute Gasteiger partial charge is 0.0598 e. The predicted molar refractivity (Wildman–Crippen MR) is 70.6 cm³/mol. The molecule has 0 fully saturated rings. The van der Waals surface area contributed by atoms with Crippen LogP contribution in [0.25, 0.3) is 0 Å². The Hall–Kier alpha value is 0.920. The molecule has 0 aliphatic heterocycles. The lowest BCUT2D eigenvalue weighted by atomic mass is 9.87. The van der Waals surface area contributed by atoms with E-state index >= 15 is 0 Å². The van der Waals surface area contributed by atoms with Crippen molar-refractivity contribution in [3.05, 3.63) is 0 Å². The average molecular weight is 330 g/mol. The maximum atomic E-state index is 5.75. The van der Waals surface area contributed by atoms with E-state index in [2.05, 4.69) is 59.6 Å². The molecule has 0 heterocycles. The number of rotatable bonds is 6. The van der Waals surface area contributed by atoms with Gasteiger partial charge >= 0.3 is 0 Å². The third-order valence-corrected chi connectivity index (χ3v) is 4.86. The van der Waals surface area contributed by atoms with Gasteiger partial charge in [-0.15, -0.1) is 0 Å². The van der Waals surface area contributed by atoms with Crippen LogP contribution in [0.2, 0.25) is 0 Å². The lowest BCUT2D eigenvalue weighted by molar-refractivity contribution is -0.0147. The van der Waals surface area contributed by atoms with Crippen LogP contribution in [0.5, 0.6) is 0 Å². The highest BCUT2D eigenvalue weighted by atomic mass is 79.9. The van der Waals surface area contributed by atoms with Gasteiger partial charge in [0.2, 0.25) is 0 Å². The van der Waals surface area contributed by atoms with E-state index in [4.69, 9.17) is 4.74 Å². The summed E-state index contributed by atoms with van der Waals surface area (Å²) < 4.78 is 5.75. The van der Waals surface area contributed by atoms with E-state index in [9.17, 15) is 0 Å².